The van der Waals surface area contributed by atoms with Gasteiger partial charge in [-0.3, -0.25) is 0 Å². The van der Waals surface area contributed by atoms with E-state index in [2.05, 4.69) is 0 Å². The minimum absolute atomic E-state index is 0.161. The number of morpholine rings is 1. The number of carbonyl (C=O) groups excluding carboxylic acids is 1. The number of benzene rings is 1. The summed E-state index contributed by atoms with van der Waals surface area (Å²) in [5, 5.41) is 0. The molecule has 1 aliphatic heterocycles. The van der Waals surface area contributed by atoms with E-state index in [0.717, 1.165) is 32.8 Å². The number of hydrogen-bond acceptors (Lipinski definition) is 3. The lowest BCUT2D eigenvalue weighted by atomic mass is 10.2. The third kappa shape index (κ3) is 4.29. The first-order chi connectivity index (χ1) is 9.15. The molecule has 19 heavy (non-hydrogen) atoms. The number of ether oxygens (including phenoxy) is 2. The molecule has 0 amide bonds. The number of hydrogen-bond donors (Lipinski definition) is 1. The van der Waals surface area contributed by atoms with Crippen molar-refractivity contribution in [1.82, 2.24) is 0 Å². The fraction of sp³-hybridized carbons (Fsp3) is 0.500. The van der Waals surface area contributed by atoms with Crippen LogP contribution in [-0.4, -0.2) is 44.9 Å². The lowest BCUT2D eigenvalue weighted by Gasteiger charge is -2.26. The van der Waals surface area contributed by atoms with Gasteiger partial charge in [-0.2, -0.15) is 0 Å². The van der Waals surface area contributed by atoms with Gasteiger partial charge in [0.25, 0.3) is 0 Å². The molecule has 0 unspecified atom stereocenters. The van der Waals surface area contributed by atoms with Crippen molar-refractivity contribution in [2.45, 2.75) is 13.0 Å². The monoisotopic (exact) mass is 268 g/mol. The summed E-state index contributed by atoms with van der Waals surface area (Å²) < 4.78 is 23.4. The van der Waals surface area contributed by atoms with Gasteiger partial charge in [0.2, 0.25) is 0 Å². The standard InChI is InChI=1S/C14H18FNO3/c1-11(10-16-6-8-18-9-7-16)19-14(17)12-2-4-13(15)5-3-12/h2-5,11H,6-10H2,1H3/p+1/t11-/m0/s1. The molecule has 0 saturated carbocycles. The summed E-state index contributed by atoms with van der Waals surface area (Å²) in [6.07, 6.45) is -0.161. The molecule has 1 fully saturated rings. The highest BCUT2D eigenvalue weighted by molar-refractivity contribution is 5.89. The number of esters is 1. The van der Waals surface area contributed by atoms with Crippen LogP contribution in [0.4, 0.5) is 4.39 Å². The molecule has 0 spiro atoms. The van der Waals surface area contributed by atoms with E-state index in [4.69, 9.17) is 9.47 Å². The van der Waals surface area contributed by atoms with Crippen LogP contribution in [0.5, 0.6) is 0 Å². The number of carbonyl (C=O) groups is 1. The molecule has 1 aliphatic rings. The number of quaternary nitrogens is 1. The lowest BCUT2D eigenvalue weighted by Crippen LogP contribution is -3.15. The first-order valence-electron chi connectivity index (χ1n) is 6.53. The summed E-state index contributed by atoms with van der Waals surface area (Å²) in [6, 6.07) is 5.39. The molecular formula is C14H19FNO3+. The quantitative estimate of drug-likeness (QED) is 0.798. The molecule has 1 aromatic rings. The highest BCUT2D eigenvalue weighted by atomic mass is 19.1. The molecule has 0 bridgehead atoms. The minimum atomic E-state index is -0.403. The Morgan fingerprint density at radius 3 is 2.63 bits per heavy atom. The van der Waals surface area contributed by atoms with Gasteiger partial charge in [0.15, 0.2) is 0 Å². The molecule has 1 aromatic carbocycles. The highest BCUT2D eigenvalue weighted by Crippen LogP contribution is 2.05. The topological polar surface area (TPSA) is 40.0 Å². The summed E-state index contributed by atoms with van der Waals surface area (Å²) in [7, 11) is 0. The zero-order valence-corrected chi connectivity index (χ0v) is 11.0. The SMILES string of the molecule is C[C@@H](C[NH+]1CCOCC1)OC(=O)c1ccc(F)cc1. The van der Waals surface area contributed by atoms with Crippen molar-refractivity contribution in [2.24, 2.45) is 0 Å². The maximum absolute atomic E-state index is 12.8. The maximum Gasteiger partial charge on any atom is 0.338 e. The van der Waals surface area contributed by atoms with Crippen LogP contribution in [0.15, 0.2) is 24.3 Å². The molecular weight excluding hydrogens is 249 g/mol. The molecule has 5 heteroatoms. The Hall–Kier alpha value is -1.46. The fourth-order valence-electron chi connectivity index (χ4n) is 2.15. The predicted octanol–water partition coefficient (Wildman–Crippen LogP) is 0.286. The van der Waals surface area contributed by atoms with Crippen molar-refractivity contribution in [3.05, 3.63) is 35.6 Å². The largest absolute Gasteiger partial charge is 0.453 e. The van der Waals surface area contributed by atoms with Crippen molar-refractivity contribution < 1.29 is 23.6 Å². The Kier molecular flexibility index (Phi) is 4.87. The van der Waals surface area contributed by atoms with Crippen molar-refractivity contribution >= 4 is 5.97 Å². The third-order valence-corrected chi connectivity index (χ3v) is 3.16. The van der Waals surface area contributed by atoms with Crippen molar-refractivity contribution in [1.29, 1.82) is 0 Å². The fourth-order valence-corrected chi connectivity index (χ4v) is 2.15. The molecule has 0 aromatic heterocycles. The van der Waals surface area contributed by atoms with Crippen LogP contribution in [0.1, 0.15) is 17.3 Å². The van der Waals surface area contributed by atoms with Gasteiger partial charge in [-0.15, -0.1) is 0 Å². The van der Waals surface area contributed by atoms with Crippen molar-refractivity contribution in [3.8, 4) is 0 Å². The van der Waals surface area contributed by atoms with E-state index in [1.165, 1.54) is 29.2 Å². The average Bonchev–Trinajstić information content (AvgIpc) is 2.40. The van der Waals surface area contributed by atoms with E-state index in [9.17, 15) is 9.18 Å². The molecule has 1 heterocycles. The van der Waals surface area contributed by atoms with Gasteiger partial charge in [-0.05, 0) is 31.2 Å². The lowest BCUT2D eigenvalue weighted by molar-refractivity contribution is -0.910. The van der Waals surface area contributed by atoms with Gasteiger partial charge in [-0.1, -0.05) is 0 Å². The van der Waals surface area contributed by atoms with Gasteiger partial charge < -0.3 is 14.4 Å². The van der Waals surface area contributed by atoms with Gasteiger partial charge in [-0.25, -0.2) is 9.18 Å². The van der Waals surface area contributed by atoms with E-state index in [-0.39, 0.29) is 11.9 Å². The molecule has 2 rings (SSSR count). The molecule has 0 aliphatic carbocycles. The Morgan fingerprint density at radius 2 is 2.00 bits per heavy atom. The molecule has 104 valence electrons. The van der Waals surface area contributed by atoms with E-state index >= 15 is 0 Å². The van der Waals surface area contributed by atoms with Crippen LogP contribution in [0.3, 0.4) is 0 Å². The second-order valence-electron chi connectivity index (χ2n) is 4.79. The van der Waals surface area contributed by atoms with Gasteiger partial charge in [0.05, 0.1) is 18.8 Å². The van der Waals surface area contributed by atoms with E-state index < -0.39 is 5.97 Å². The third-order valence-electron chi connectivity index (χ3n) is 3.16. The second-order valence-corrected chi connectivity index (χ2v) is 4.79. The zero-order valence-electron chi connectivity index (χ0n) is 11.0. The predicted molar refractivity (Wildman–Crippen MR) is 67.7 cm³/mol. The first-order valence-corrected chi connectivity index (χ1v) is 6.53. The number of halogens is 1. The zero-order chi connectivity index (χ0) is 13.7. The smallest absolute Gasteiger partial charge is 0.338 e. The van der Waals surface area contributed by atoms with E-state index in [1.54, 1.807) is 0 Å². The Morgan fingerprint density at radius 1 is 1.37 bits per heavy atom. The van der Waals surface area contributed by atoms with Crippen LogP contribution in [0.25, 0.3) is 0 Å². The molecule has 1 saturated heterocycles. The summed E-state index contributed by atoms with van der Waals surface area (Å²) >= 11 is 0. The number of nitrogens with one attached hydrogen (secondary N) is 1. The number of rotatable bonds is 4. The van der Waals surface area contributed by atoms with Crippen molar-refractivity contribution in [3.63, 3.8) is 0 Å². The first kappa shape index (κ1) is 14.0. The summed E-state index contributed by atoms with van der Waals surface area (Å²) in [6.45, 7) is 6.05. The summed E-state index contributed by atoms with van der Waals surface area (Å²) in [5.41, 5.74) is 0.380. The minimum Gasteiger partial charge on any atom is -0.453 e. The normalized spacial score (nSPS) is 18.0. The van der Waals surface area contributed by atoms with Crippen LogP contribution in [0.2, 0.25) is 0 Å². The molecule has 0 radical (unpaired) electrons. The van der Waals surface area contributed by atoms with Gasteiger partial charge in [0.1, 0.15) is 31.6 Å². The summed E-state index contributed by atoms with van der Waals surface area (Å²) in [5.74, 6) is -0.762. The van der Waals surface area contributed by atoms with Crippen LogP contribution in [-0.2, 0) is 9.47 Å². The Labute approximate surface area is 112 Å². The van der Waals surface area contributed by atoms with Crippen LogP contribution >= 0.6 is 0 Å². The second kappa shape index (κ2) is 6.63. The highest BCUT2D eigenvalue weighted by Gasteiger charge is 2.20. The van der Waals surface area contributed by atoms with Gasteiger partial charge >= 0.3 is 5.97 Å². The Balaban J connectivity index is 1.82. The Bertz CT molecular complexity index is 415. The molecule has 1 atom stereocenters. The maximum atomic E-state index is 12.8. The van der Waals surface area contributed by atoms with E-state index in [0.29, 0.717) is 5.56 Å². The summed E-state index contributed by atoms with van der Waals surface area (Å²) in [4.78, 5) is 13.2. The molecule has 1 N–H and O–H groups in total. The van der Waals surface area contributed by atoms with Gasteiger partial charge in [0, 0.05) is 0 Å². The van der Waals surface area contributed by atoms with Crippen molar-refractivity contribution in [2.75, 3.05) is 32.8 Å². The van der Waals surface area contributed by atoms with Crippen LogP contribution < -0.4 is 4.90 Å². The van der Waals surface area contributed by atoms with Crippen LogP contribution in [0, 0.1) is 5.82 Å². The van der Waals surface area contributed by atoms with E-state index in [1.807, 2.05) is 6.92 Å². The molecule has 4 nitrogen and oxygen atoms in total. The average molecular weight is 268 g/mol.